The molecule has 3 aromatic rings. The number of tetrazole rings is 1. The molecule has 1 saturated heterocycles. The summed E-state index contributed by atoms with van der Waals surface area (Å²) in [5.41, 5.74) is 3.87. The van der Waals surface area contributed by atoms with Crippen LogP contribution in [-0.4, -0.2) is 68.5 Å². The fourth-order valence-electron chi connectivity index (χ4n) is 5.16. The lowest BCUT2D eigenvalue weighted by atomic mass is 9.79. The number of nitrogens with zero attached hydrogens (tertiary/aromatic N) is 7. The van der Waals surface area contributed by atoms with Crippen LogP contribution in [0.15, 0.2) is 53.6 Å². The molecule has 1 aromatic heterocycles. The first-order valence-electron chi connectivity index (χ1n) is 12.4. The van der Waals surface area contributed by atoms with Gasteiger partial charge < -0.3 is 4.74 Å². The molecule has 1 saturated carbocycles. The Kier molecular flexibility index (Phi) is 7.28. The van der Waals surface area contributed by atoms with Gasteiger partial charge in [-0.1, -0.05) is 31.4 Å². The van der Waals surface area contributed by atoms with Gasteiger partial charge in [-0.25, -0.2) is 5.43 Å². The highest BCUT2D eigenvalue weighted by atomic mass is 16.6. The number of hydrogen-bond acceptors (Lipinski definition) is 9. The molecule has 0 radical (unpaired) electrons. The van der Waals surface area contributed by atoms with E-state index in [9.17, 15) is 14.9 Å². The molecule has 1 aliphatic carbocycles. The largest absolute Gasteiger partial charge is 0.379 e. The Labute approximate surface area is 213 Å². The van der Waals surface area contributed by atoms with E-state index < -0.39 is 10.8 Å². The number of nitro groups is 1. The molecule has 12 nitrogen and oxygen atoms in total. The molecule has 0 unspecified atom stereocenters. The molecule has 1 N–H and O–H groups in total. The lowest BCUT2D eigenvalue weighted by molar-refractivity contribution is -0.384. The highest BCUT2D eigenvalue weighted by Crippen LogP contribution is 2.42. The van der Waals surface area contributed by atoms with Crippen molar-refractivity contribution in [2.45, 2.75) is 37.6 Å². The third-order valence-corrected chi connectivity index (χ3v) is 7.02. The molecule has 5 rings (SSSR count). The van der Waals surface area contributed by atoms with Crippen LogP contribution in [0.1, 0.15) is 53.8 Å². The van der Waals surface area contributed by atoms with Gasteiger partial charge in [-0.3, -0.25) is 19.8 Å². The van der Waals surface area contributed by atoms with Crippen LogP contribution >= 0.6 is 0 Å². The second-order valence-electron chi connectivity index (χ2n) is 9.20. The van der Waals surface area contributed by atoms with E-state index in [4.69, 9.17) is 4.74 Å². The summed E-state index contributed by atoms with van der Waals surface area (Å²) >= 11 is 0. The fraction of sp³-hybridized carbons (Fsp3) is 0.400. The summed E-state index contributed by atoms with van der Waals surface area (Å²) in [4.78, 5) is 25.5. The molecule has 0 spiro atoms. The highest BCUT2D eigenvalue weighted by Gasteiger charge is 2.44. The van der Waals surface area contributed by atoms with Crippen LogP contribution in [0.3, 0.4) is 0 Å². The average molecular weight is 505 g/mol. The molecule has 12 heteroatoms. The van der Waals surface area contributed by atoms with Crippen molar-refractivity contribution in [1.29, 1.82) is 0 Å². The SMILES string of the molecule is O=C(NN=Cc1cccc([N+](=O)[O-])c1)c1ccc(-n2nnnc2C2(N3CCOCC3)CCCCC2)cc1. The van der Waals surface area contributed by atoms with Gasteiger partial charge in [0.25, 0.3) is 11.6 Å². The quantitative estimate of drug-likeness (QED) is 0.294. The highest BCUT2D eigenvalue weighted by molar-refractivity contribution is 5.95. The van der Waals surface area contributed by atoms with E-state index >= 15 is 0 Å². The number of carbonyl (C=O) groups is 1. The second kappa shape index (κ2) is 10.9. The van der Waals surface area contributed by atoms with Crippen LogP contribution in [0.25, 0.3) is 5.69 Å². The van der Waals surface area contributed by atoms with Crippen LogP contribution < -0.4 is 5.43 Å². The maximum atomic E-state index is 12.6. The van der Waals surface area contributed by atoms with Crippen molar-refractivity contribution in [1.82, 2.24) is 30.5 Å². The van der Waals surface area contributed by atoms with Crippen molar-refractivity contribution < 1.29 is 14.5 Å². The van der Waals surface area contributed by atoms with Crippen LogP contribution in [0.2, 0.25) is 0 Å². The Morgan fingerprint density at radius 1 is 1.11 bits per heavy atom. The molecule has 1 aliphatic heterocycles. The van der Waals surface area contributed by atoms with Gasteiger partial charge in [0.1, 0.15) is 0 Å². The summed E-state index contributed by atoms with van der Waals surface area (Å²) in [7, 11) is 0. The molecule has 0 bridgehead atoms. The third-order valence-electron chi connectivity index (χ3n) is 7.02. The Morgan fingerprint density at radius 3 is 2.59 bits per heavy atom. The average Bonchev–Trinajstić information content (AvgIpc) is 3.45. The summed E-state index contributed by atoms with van der Waals surface area (Å²) in [5.74, 6) is 0.426. The Morgan fingerprint density at radius 2 is 1.86 bits per heavy atom. The first-order valence-corrected chi connectivity index (χ1v) is 12.4. The number of hydrazone groups is 1. The molecular formula is C25H28N8O4. The molecule has 192 valence electrons. The second-order valence-corrected chi connectivity index (χ2v) is 9.20. The minimum Gasteiger partial charge on any atom is -0.379 e. The van der Waals surface area contributed by atoms with E-state index in [-0.39, 0.29) is 11.2 Å². The first kappa shape index (κ1) is 24.7. The number of benzene rings is 2. The molecule has 2 heterocycles. The molecular weight excluding hydrogens is 476 g/mol. The number of carbonyl (C=O) groups excluding carboxylic acids is 1. The number of ether oxygens (including phenoxy) is 1. The van der Waals surface area contributed by atoms with Crippen molar-refractivity contribution in [3.05, 3.63) is 75.6 Å². The van der Waals surface area contributed by atoms with Crippen LogP contribution in [-0.2, 0) is 10.3 Å². The van der Waals surface area contributed by atoms with Gasteiger partial charge in [-0.15, -0.1) is 5.10 Å². The number of rotatable bonds is 7. The predicted molar refractivity (Wildman–Crippen MR) is 134 cm³/mol. The summed E-state index contributed by atoms with van der Waals surface area (Å²) < 4.78 is 7.38. The standard InChI is InChI=1S/C25H28N8O4/c34-23(27-26-18-19-5-4-6-22(17-19)33(35)36)20-7-9-21(10-8-20)32-24(28-29-30-32)25(11-2-1-3-12-25)31-13-15-37-16-14-31/h4-10,17-18H,1-3,11-16H2,(H,27,34). The van der Waals surface area contributed by atoms with Crippen LogP contribution in [0.4, 0.5) is 5.69 Å². The van der Waals surface area contributed by atoms with Crippen molar-refractivity contribution >= 4 is 17.8 Å². The zero-order chi connectivity index (χ0) is 25.7. The zero-order valence-electron chi connectivity index (χ0n) is 20.3. The number of nitrogens with one attached hydrogen (secondary N) is 1. The van der Waals surface area contributed by atoms with Gasteiger partial charge >= 0.3 is 0 Å². The molecule has 2 fully saturated rings. The van der Waals surface area contributed by atoms with Crippen molar-refractivity contribution in [3.8, 4) is 5.69 Å². The maximum Gasteiger partial charge on any atom is 0.271 e. The topological polar surface area (TPSA) is 141 Å². The van der Waals surface area contributed by atoms with Gasteiger partial charge in [0.2, 0.25) is 0 Å². The molecule has 0 atom stereocenters. The zero-order valence-corrected chi connectivity index (χ0v) is 20.3. The maximum absolute atomic E-state index is 12.6. The smallest absolute Gasteiger partial charge is 0.271 e. The number of amides is 1. The number of nitro benzene ring substituents is 1. The number of non-ortho nitro benzene ring substituents is 1. The van der Waals surface area contributed by atoms with Gasteiger partial charge in [-0.2, -0.15) is 9.78 Å². The van der Waals surface area contributed by atoms with Gasteiger partial charge in [-0.05, 0) is 47.5 Å². The van der Waals surface area contributed by atoms with E-state index in [1.807, 2.05) is 12.1 Å². The van der Waals surface area contributed by atoms with Gasteiger partial charge in [0.15, 0.2) is 5.82 Å². The van der Waals surface area contributed by atoms with Crippen molar-refractivity contribution in [2.75, 3.05) is 26.3 Å². The lowest BCUT2D eigenvalue weighted by Gasteiger charge is -2.46. The van der Waals surface area contributed by atoms with Crippen LogP contribution in [0.5, 0.6) is 0 Å². The van der Waals surface area contributed by atoms with Crippen molar-refractivity contribution in [3.63, 3.8) is 0 Å². The minimum absolute atomic E-state index is 0.0449. The van der Waals surface area contributed by atoms with E-state index in [0.29, 0.717) is 24.3 Å². The van der Waals surface area contributed by atoms with E-state index in [0.717, 1.165) is 50.3 Å². The Hall–Kier alpha value is -4.03. The van der Waals surface area contributed by atoms with Crippen LogP contribution in [0, 0.1) is 10.1 Å². The van der Waals surface area contributed by atoms with E-state index in [1.54, 1.807) is 28.9 Å². The summed E-state index contributed by atoms with van der Waals surface area (Å²) in [5, 5.41) is 27.7. The van der Waals surface area contributed by atoms with Crippen molar-refractivity contribution in [2.24, 2.45) is 5.10 Å². The Balaban J connectivity index is 1.31. The summed E-state index contributed by atoms with van der Waals surface area (Å²) in [6.45, 7) is 3.11. The van der Waals surface area contributed by atoms with E-state index in [2.05, 4.69) is 31.0 Å². The molecule has 2 aromatic carbocycles. The number of hydrogen-bond donors (Lipinski definition) is 1. The predicted octanol–water partition coefficient (Wildman–Crippen LogP) is 2.83. The molecule has 1 amide bonds. The number of aromatic nitrogens is 4. The fourth-order valence-corrected chi connectivity index (χ4v) is 5.16. The van der Waals surface area contributed by atoms with E-state index in [1.165, 1.54) is 24.8 Å². The lowest BCUT2D eigenvalue weighted by Crippen LogP contribution is -2.53. The normalized spacial score (nSPS) is 18.1. The summed E-state index contributed by atoms with van der Waals surface area (Å²) in [6.07, 6.45) is 6.82. The summed E-state index contributed by atoms with van der Waals surface area (Å²) in [6, 6.07) is 13.0. The Bertz CT molecular complexity index is 1280. The van der Waals surface area contributed by atoms with Gasteiger partial charge in [0.05, 0.1) is 35.6 Å². The van der Waals surface area contributed by atoms with Gasteiger partial charge in [0, 0.05) is 36.3 Å². The third kappa shape index (κ3) is 5.25. The minimum atomic E-state index is -0.482. The first-order chi connectivity index (χ1) is 18.1. The molecule has 2 aliphatic rings. The molecule has 37 heavy (non-hydrogen) atoms. The monoisotopic (exact) mass is 504 g/mol. The number of morpholine rings is 1.